The molecule has 1 fully saturated rings. The topological polar surface area (TPSA) is 85.9 Å². The maximum absolute atomic E-state index is 10.7. The van der Waals surface area contributed by atoms with E-state index in [1.807, 2.05) is 6.20 Å². The quantitative estimate of drug-likeness (QED) is 0.652. The Bertz CT molecular complexity index is 668. The second-order valence-corrected chi connectivity index (χ2v) is 5.50. The molecule has 1 aliphatic rings. The molecule has 8 heteroatoms. The maximum atomic E-state index is 10.7. The zero-order chi connectivity index (χ0) is 14.8. The van der Waals surface area contributed by atoms with Gasteiger partial charge in [0.25, 0.3) is 5.69 Å². The third kappa shape index (κ3) is 3.56. The third-order valence-electron chi connectivity index (χ3n) is 3.32. The minimum Gasteiger partial charge on any atom is -0.308 e. The summed E-state index contributed by atoms with van der Waals surface area (Å²) in [5.41, 5.74) is 1.63. The fourth-order valence-electron chi connectivity index (χ4n) is 1.99. The van der Waals surface area contributed by atoms with Crippen molar-refractivity contribution in [2.24, 2.45) is 0 Å². The van der Waals surface area contributed by atoms with E-state index < -0.39 is 4.92 Å². The van der Waals surface area contributed by atoms with Crippen LogP contribution in [-0.4, -0.2) is 26.0 Å². The van der Waals surface area contributed by atoms with Gasteiger partial charge in [-0.25, -0.2) is 4.68 Å². The van der Waals surface area contributed by atoms with Crippen molar-refractivity contribution in [1.29, 1.82) is 0 Å². The average molecular weight is 308 g/mol. The summed E-state index contributed by atoms with van der Waals surface area (Å²) in [6.45, 7) is 1.14. The molecule has 0 bridgehead atoms. The van der Waals surface area contributed by atoms with Gasteiger partial charge in [0.15, 0.2) is 0 Å². The molecule has 1 aliphatic carbocycles. The number of hydrogen-bond acceptors (Lipinski definition) is 5. The van der Waals surface area contributed by atoms with Crippen molar-refractivity contribution >= 4 is 17.3 Å². The third-order valence-corrected chi connectivity index (χ3v) is 3.67. The van der Waals surface area contributed by atoms with E-state index in [0.29, 0.717) is 24.2 Å². The zero-order valence-electron chi connectivity index (χ0n) is 11.2. The summed E-state index contributed by atoms with van der Waals surface area (Å²) in [6, 6.07) is 5.06. The maximum Gasteiger partial charge on any atom is 0.270 e. The highest BCUT2D eigenvalue weighted by molar-refractivity contribution is 6.31. The molecule has 1 aromatic heterocycles. The van der Waals surface area contributed by atoms with Gasteiger partial charge in [-0.2, -0.15) is 0 Å². The van der Waals surface area contributed by atoms with Crippen molar-refractivity contribution < 1.29 is 4.92 Å². The van der Waals surface area contributed by atoms with E-state index >= 15 is 0 Å². The van der Waals surface area contributed by atoms with E-state index in [1.165, 1.54) is 25.0 Å². The van der Waals surface area contributed by atoms with Crippen molar-refractivity contribution in [3.8, 4) is 0 Å². The Morgan fingerprint density at radius 2 is 2.29 bits per heavy atom. The molecule has 110 valence electrons. The highest BCUT2D eigenvalue weighted by atomic mass is 35.5. The average Bonchev–Trinajstić information content (AvgIpc) is 3.18. The Kier molecular flexibility index (Phi) is 3.85. The monoisotopic (exact) mass is 307 g/mol. The summed E-state index contributed by atoms with van der Waals surface area (Å²) in [6.07, 6.45) is 4.31. The molecule has 0 unspecified atom stereocenters. The fraction of sp³-hybridized carbons (Fsp3) is 0.385. The van der Waals surface area contributed by atoms with Crippen LogP contribution >= 0.6 is 11.6 Å². The number of nitro benzene ring substituents is 1. The number of nitrogens with zero attached hydrogens (tertiary/aromatic N) is 4. The molecule has 0 atom stereocenters. The Morgan fingerprint density at radius 3 is 2.95 bits per heavy atom. The summed E-state index contributed by atoms with van der Waals surface area (Å²) in [4.78, 5) is 10.2. The molecule has 1 saturated carbocycles. The molecule has 1 aromatic carbocycles. The van der Waals surface area contributed by atoms with Crippen LogP contribution in [0.25, 0.3) is 0 Å². The molecule has 1 heterocycles. The van der Waals surface area contributed by atoms with Gasteiger partial charge >= 0.3 is 0 Å². The second kappa shape index (κ2) is 5.79. The summed E-state index contributed by atoms with van der Waals surface area (Å²) >= 11 is 6.06. The van der Waals surface area contributed by atoms with Gasteiger partial charge in [0.1, 0.15) is 0 Å². The first-order valence-corrected chi connectivity index (χ1v) is 7.05. The van der Waals surface area contributed by atoms with E-state index in [9.17, 15) is 10.1 Å². The molecular formula is C13H14ClN5O2. The van der Waals surface area contributed by atoms with E-state index in [1.54, 1.807) is 10.7 Å². The van der Waals surface area contributed by atoms with Gasteiger partial charge in [-0.1, -0.05) is 16.8 Å². The molecule has 0 spiro atoms. The van der Waals surface area contributed by atoms with E-state index in [2.05, 4.69) is 15.6 Å². The minimum absolute atomic E-state index is 0.0170. The lowest BCUT2D eigenvalue weighted by molar-refractivity contribution is -0.384. The predicted octanol–water partition coefficient (Wildman–Crippen LogP) is 2.14. The molecular weight excluding hydrogens is 294 g/mol. The summed E-state index contributed by atoms with van der Waals surface area (Å²) in [7, 11) is 0. The molecule has 0 radical (unpaired) electrons. The lowest BCUT2D eigenvalue weighted by Gasteiger charge is -2.03. The number of rotatable bonds is 6. The van der Waals surface area contributed by atoms with Gasteiger partial charge in [0.2, 0.25) is 0 Å². The molecule has 3 rings (SSSR count). The first-order valence-electron chi connectivity index (χ1n) is 6.67. The number of aromatic nitrogens is 3. The van der Waals surface area contributed by atoms with Crippen molar-refractivity contribution in [2.45, 2.75) is 32.0 Å². The van der Waals surface area contributed by atoms with Crippen molar-refractivity contribution in [2.75, 3.05) is 0 Å². The molecule has 1 N–H and O–H groups in total. The van der Waals surface area contributed by atoms with Crippen LogP contribution in [0.15, 0.2) is 24.4 Å². The zero-order valence-corrected chi connectivity index (χ0v) is 12.0. The second-order valence-electron chi connectivity index (χ2n) is 5.10. The number of benzene rings is 1. The van der Waals surface area contributed by atoms with Crippen molar-refractivity contribution in [3.05, 3.63) is 50.8 Å². The van der Waals surface area contributed by atoms with Crippen LogP contribution in [0.2, 0.25) is 5.02 Å². The van der Waals surface area contributed by atoms with Gasteiger partial charge in [-0.3, -0.25) is 10.1 Å². The van der Waals surface area contributed by atoms with Gasteiger partial charge in [0, 0.05) is 24.7 Å². The molecule has 0 saturated heterocycles. The first-order chi connectivity index (χ1) is 10.1. The van der Waals surface area contributed by atoms with Gasteiger partial charge in [-0.05, 0) is 24.5 Å². The van der Waals surface area contributed by atoms with Crippen LogP contribution in [0.4, 0.5) is 5.69 Å². The number of non-ortho nitro benzene ring substituents is 1. The van der Waals surface area contributed by atoms with Crippen molar-refractivity contribution in [3.63, 3.8) is 0 Å². The standard InChI is InChI=1S/C13H14ClN5O2/c14-13-5-12(19(20)21)4-1-9(13)7-18-8-11(16-17-18)6-15-10-2-3-10/h1,4-5,8,10,15H,2-3,6-7H2. The normalized spacial score (nSPS) is 14.3. The lowest BCUT2D eigenvalue weighted by Crippen LogP contribution is -2.15. The van der Waals surface area contributed by atoms with Gasteiger partial charge in [0.05, 0.1) is 28.4 Å². The van der Waals surface area contributed by atoms with E-state index in [-0.39, 0.29) is 5.69 Å². The number of halogens is 1. The number of nitrogens with one attached hydrogen (secondary N) is 1. The SMILES string of the molecule is O=[N+]([O-])c1ccc(Cn2cc(CNC3CC3)nn2)c(Cl)c1. The Labute approximate surface area is 126 Å². The largest absolute Gasteiger partial charge is 0.308 e. The Balaban J connectivity index is 1.66. The Morgan fingerprint density at radius 1 is 1.48 bits per heavy atom. The number of nitro groups is 1. The van der Waals surface area contributed by atoms with Crippen LogP contribution < -0.4 is 5.32 Å². The van der Waals surface area contributed by atoms with Crippen molar-refractivity contribution in [1.82, 2.24) is 20.3 Å². The molecule has 0 amide bonds. The molecule has 0 aliphatic heterocycles. The summed E-state index contributed by atoms with van der Waals surface area (Å²) in [5.74, 6) is 0. The number of hydrogen-bond donors (Lipinski definition) is 1. The first kappa shape index (κ1) is 14.0. The minimum atomic E-state index is -0.465. The summed E-state index contributed by atoms with van der Waals surface area (Å²) < 4.78 is 1.68. The van der Waals surface area contributed by atoms with Crippen LogP contribution in [0, 0.1) is 10.1 Å². The van der Waals surface area contributed by atoms with Crippen LogP contribution in [0.3, 0.4) is 0 Å². The van der Waals surface area contributed by atoms with Crippen LogP contribution in [0.5, 0.6) is 0 Å². The van der Waals surface area contributed by atoms with E-state index in [4.69, 9.17) is 11.6 Å². The highest BCUT2D eigenvalue weighted by Gasteiger charge is 2.20. The van der Waals surface area contributed by atoms with Crippen LogP contribution in [-0.2, 0) is 13.1 Å². The molecule has 7 nitrogen and oxygen atoms in total. The highest BCUT2D eigenvalue weighted by Crippen LogP contribution is 2.23. The lowest BCUT2D eigenvalue weighted by atomic mass is 10.2. The van der Waals surface area contributed by atoms with Crippen LogP contribution in [0.1, 0.15) is 24.1 Å². The molecule has 2 aromatic rings. The van der Waals surface area contributed by atoms with Gasteiger partial charge < -0.3 is 5.32 Å². The van der Waals surface area contributed by atoms with E-state index in [0.717, 1.165) is 11.3 Å². The smallest absolute Gasteiger partial charge is 0.270 e. The predicted molar refractivity (Wildman–Crippen MR) is 77.1 cm³/mol. The summed E-state index contributed by atoms with van der Waals surface area (Å²) in [5, 5.41) is 22.5. The molecule has 21 heavy (non-hydrogen) atoms. The van der Waals surface area contributed by atoms with Gasteiger partial charge in [-0.15, -0.1) is 5.10 Å². The fourth-order valence-corrected chi connectivity index (χ4v) is 2.22. The Hall–Kier alpha value is -1.99.